The van der Waals surface area contributed by atoms with Gasteiger partial charge in [0.25, 0.3) is 0 Å². The predicted molar refractivity (Wildman–Crippen MR) is 116 cm³/mol. The number of thiazole rings is 1. The highest BCUT2D eigenvalue weighted by atomic mass is 127. The Labute approximate surface area is 171 Å². The molecule has 1 atom stereocenters. The lowest BCUT2D eigenvalue weighted by molar-refractivity contribution is 0.159. The van der Waals surface area contributed by atoms with Crippen LogP contribution in [0.4, 0.5) is 0 Å². The van der Waals surface area contributed by atoms with Crippen LogP contribution in [0.25, 0.3) is 4.96 Å². The van der Waals surface area contributed by atoms with E-state index in [1.54, 1.807) is 11.3 Å². The Morgan fingerprint density at radius 3 is 3.04 bits per heavy atom. The molecule has 1 aliphatic heterocycles. The molecule has 0 spiro atoms. The fourth-order valence-corrected chi connectivity index (χ4v) is 3.95. The molecule has 25 heavy (non-hydrogen) atoms. The Kier molecular flexibility index (Phi) is 8.44. The molecule has 0 aliphatic carbocycles. The maximum Gasteiger partial charge on any atom is 0.193 e. The van der Waals surface area contributed by atoms with Crippen LogP contribution in [-0.2, 0) is 6.54 Å². The second kappa shape index (κ2) is 10.3. The molecule has 6 nitrogen and oxygen atoms in total. The molecule has 1 saturated heterocycles. The summed E-state index contributed by atoms with van der Waals surface area (Å²) in [5.74, 6) is 0.845. The van der Waals surface area contributed by atoms with E-state index in [-0.39, 0.29) is 24.0 Å². The third-order valence-electron chi connectivity index (χ3n) is 4.66. The van der Waals surface area contributed by atoms with Gasteiger partial charge in [0.2, 0.25) is 0 Å². The number of imidazole rings is 1. The number of halogens is 1. The summed E-state index contributed by atoms with van der Waals surface area (Å²) in [6.07, 6.45) is 9.32. The van der Waals surface area contributed by atoms with Crippen molar-refractivity contribution in [1.29, 1.82) is 0 Å². The summed E-state index contributed by atoms with van der Waals surface area (Å²) in [5.41, 5.74) is 1.03. The molecule has 140 valence electrons. The van der Waals surface area contributed by atoms with E-state index in [1.807, 2.05) is 18.6 Å². The van der Waals surface area contributed by atoms with Gasteiger partial charge in [0.1, 0.15) is 0 Å². The Morgan fingerprint density at radius 1 is 1.40 bits per heavy atom. The van der Waals surface area contributed by atoms with Crippen LogP contribution in [0.1, 0.15) is 38.3 Å². The molecule has 0 saturated carbocycles. The van der Waals surface area contributed by atoms with E-state index in [9.17, 15) is 0 Å². The van der Waals surface area contributed by atoms with Crippen LogP contribution in [0, 0.1) is 0 Å². The lowest BCUT2D eigenvalue weighted by Crippen LogP contribution is -2.41. The Morgan fingerprint density at radius 2 is 2.28 bits per heavy atom. The van der Waals surface area contributed by atoms with Gasteiger partial charge in [-0.05, 0) is 32.7 Å². The van der Waals surface area contributed by atoms with Crippen molar-refractivity contribution in [2.45, 2.75) is 45.2 Å². The molecule has 2 aromatic heterocycles. The normalized spacial score (nSPS) is 19.0. The number of fused-ring (bicyclic) bond motifs is 1. The Balaban J connectivity index is 0.00000225. The van der Waals surface area contributed by atoms with E-state index < -0.39 is 0 Å². The van der Waals surface area contributed by atoms with Gasteiger partial charge in [-0.3, -0.25) is 9.39 Å². The van der Waals surface area contributed by atoms with Crippen LogP contribution in [0.3, 0.4) is 0 Å². The van der Waals surface area contributed by atoms with E-state index in [2.05, 4.69) is 43.0 Å². The van der Waals surface area contributed by atoms with Crippen LogP contribution < -0.4 is 10.6 Å². The summed E-state index contributed by atoms with van der Waals surface area (Å²) >= 11 is 1.65. The van der Waals surface area contributed by atoms with E-state index >= 15 is 0 Å². The van der Waals surface area contributed by atoms with Gasteiger partial charge in [-0.2, -0.15) is 0 Å². The van der Waals surface area contributed by atoms with Gasteiger partial charge in [0.05, 0.1) is 12.2 Å². The van der Waals surface area contributed by atoms with Crippen molar-refractivity contribution in [3.63, 3.8) is 0 Å². The molecule has 0 radical (unpaired) electrons. The van der Waals surface area contributed by atoms with Crippen LogP contribution in [0.5, 0.6) is 0 Å². The summed E-state index contributed by atoms with van der Waals surface area (Å²) in [6, 6.07) is 0.742. The Bertz CT molecular complexity index is 638. The monoisotopic (exact) mass is 476 g/mol. The number of hydrogen-bond acceptors (Lipinski definition) is 4. The van der Waals surface area contributed by atoms with Crippen LogP contribution in [-0.4, -0.2) is 53.0 Å². The molecule has 1 unspecified atom stereocenters. The summed E-state index contributed by atoms with van der Waals surface area (Å²) in [4.78, 5) is 12.5. The summed E-state index contributed by atoms with van der Waals surface area (Å²) < 4.78 is 2.05. The van der Waals surface area contributed by atoms with Gasteiger partial charge >= 0.3 is 0 Å². The predicted octanol–water partition coefficient (Wildman–Crippen LogP) is 2.94. The minimum Gasteiger partial charge on any atom is -0.356 e. The molecule has 2 N–H and O–H groups in total. The zero-order valence-corrected chi connectivity index (χ0v) is 18.2. The van der Waals surface area contributed by atoms with Crippen molar-refractivity contribution in [3.8, 4) is 0 Å². The molecule has 0 bridgehead atoms. The highest BCUT2D eigenvalue weighted by Crippen LogP contribution is 2.16. The molecule has 3 rings (SSSR count). The topological polar surface area (TPSA) is 57.0 Å². The van der Waals surface area contributed by atoms with Gasteiger partial charge < -0.3 is 15.5 Å². The number of aromatic nitrogens is 2. The molecule has 0 amide bonds. The molecular formula is C17H29IN6S. The molecule has 2 aromatic rings. The lowest BCUT2D eigenvalue weighted by atomic mass is 10.0. The lowest BCUT2D eigenvalue weighted by Gasteiger charge is -2.33. The van der Waals surface area contributed by atoms with Gasteiger partial charge in [0.15, 0.2) is 10.9 Å². The minimum atomic E-state index is 0. The van der Waals surface area contributed by atoms with Crippen LogP contribution >= 0.6 is 35.3 Å². The van der Waals surface area contributed by atoms with E-state index in [0.717, 1.165) is 35.6 Å². The number of aliphatic imine (C=N–C) groups is 1. The maximum absolute atomic E-state index is 4.57. The molecule has 1 fully saturated rings. The highest BCUT2D eigenvalue weighted by molar-refractivity contribution is 14.0. The third-order valence-corrected chi connectivity index (χ3v) is 5.43. The first-order valence-electron chi connectivity index (χ1n) is 8.86. The first kappa shape index (κ1) is 20.4. The van der Waals surface area contributed by atoms with Crippen molar-refractivity contribution in [2.24, 2.45) is 4.99 Å². The quantitative estimate of drug-likeness (QED) is 0.292. The summed E-state index contributed by atoms with van der Waals surface area (Å²) in [6.45, 7) is 6.41. The number of rotatable bonds is 6. The summed E-state index contributed by atoms with van der Waals surface area (Å²) in [5, 5.41) is 8.78. The molecular weight excluding hydrogens is 447 g/mol. The van der Waals surface area contributed by atoms with Gasteiger partial charge in [-0.1, -0.05) is 6.42 Å². The molecule has 8 heteroatoms. The van der Waals surface area contributed by atoms with Crippen LogP contribution in [0.15, 0.2) is 22.8 Å². The molecule has 1 aliphatic rings. The fraction of sp³-hybridized carbons (Fsp3) is 0.647. The SMILES string of the molecule is CN=C(NCCCN1CCCCC1C)NCc1cn2ccsc2n1.I. The zero-order chi connectivity index (χ0) is 16.8. The van der Waals surface area contributed by atoms with Crippen molar-refractivity contribution >= 4 is 46.2 Å². The number of guanidine groups is 1. The molecule has 3 heterocycles. The first-order valence-corrected chi connectivity index (χ1v) is 9.74. The average molecular weight is 476 g/mol. The average Bonchev–Trinajstić information content (AvgIpc) is 3.17. The number of hydrogen-bond donors (Lipinski definition) is 2. The van der Waals surface area contributed by atoms with Crippen molar-refractivity contribution < 1.29 is 0 Å². The van der Waals surface area contributed by atoms with Crippen molar-refractivity contribution in [2.75, 3.05) is 26.7 Å². The number of nitrogens with one attached hydrogen (secondary N) is 2. The van der Waals surface area contributed by atoms with Gasteiger partial charge in [-0.25, -0.2) is 4.98 Å². The van der Waals surface area contributed by atoms with Crippen LogP contribution in [0.2, 0.25) is 0 Å². The van der Waals surface area contributed by atoms with Gasteiger partial charge in [0, 0.05) is 44.0 Å². The second-order valence-electron chi connectivity index (χ2n) is 6.41. The van der Waals surface area contributed by atoms with E-state index in [1.165, 1.54) is 32.4 Å². The number of piperidine rings is 1. The standard InChI is InChI=1S/C17H28N6S.HI/c1-14-6-3-4-8-22(14)9-5-7-19-16(18-2)20-12-15-13-23-10-11-24-17(23)21-15;/h10-11,13-14H,3-9,12H2,1-2H3,(H2,18,19,20);1H. The number of nitrogens with zero attached hydrogens (tertiary/aromatic N) is 4. The smallest absolute Gasteiger partial charge is 0.193 e. The summed E-state index contributed by atoms with van der Waals surface area (Å²) in [7, 11) is 1.81. The van der Waals surface area contributed by atoms with E-state index in [4.69, 9.17) is 0 Å². The number of likely N-dealkylation sites (tertiary alicyclic amines) is 1. The minimum absolute atomic E-state index is 0. The Hall–Kier alpha value is -0.870. The molecule has 0 aromatic carbocycles. The van der Waals surface area contributed by atoms with E-state index in [0.29, 0.717) is 6.54 Å². The van der Waals surface area contributed by atoms with Crippen molar-refractivity contribution in [3.05, 3.63) is 23.5 Å². The maximum atomic E-state index is 4.57. The van der Waals surface area contributed by atoms with Crippen molar-refractivity contribution in [1.82, 2.24) is 24.9 Å². The van der Waals surface area contributed by atoms with Gasteiger partial charge in [-0.15, -0.1) is 35.3 Å². The fourth-order valence-electron chi connectivity index (χ4n) is 3.23. The largest absolute Gasteiger partial charge is 0.356 e. The highest BCUT2D eigenvalue weighted by Gasteiger charge is 2.17. The zero-order valence-electron chi connectivity index (χ0n) is 15.1. The third kappa shape index (κ3) is 5.82. The second-order valence-corrected chi connectivity index (χ2v) is 7.28. The first-order chi connectivity index (χ1) is 11.8.